The molecule has 1 aliphatic heterocycles. The molecule has 1 N–H and O–H groups in total. The first-order valence-electron chi connectivity index (χ1n) is 12.2. The van der Waals surface area contributed by atoms with E-state index in [-0.39, 0.29) is 11.8 Å². The first kappa shape index (κ1) is 24.2. The highest BCUT2D eigenvalue weighted by Crippen LogP contribution is 2.37. The van der Waals surface area contributed by atoms with Crippen LogP contribution in [0.4, 0.5) is 11.4 Å². The molecule has 2 amide bonds. The minimum Gasteiger partial charge on any atom is -0.352 e. The van der Waals surface area contributed by atoms with Crippen molar-refractivity contribution in [3.63, 3.8) is 0 Å². The quantitative estimate of drug-likeness (QED) is 0.405. The van der Waals surface area contributed by atoms with Gasteiger partial charge in [-0.1, -0.05) is 36.3 Å². The van der Waals surface area contributed by atoms with Gasteiger partial charge in [-0.3, -0.25) is 19.5 Å². The van der Waals surface area contributed by atoms with Gasteiger partial charge in [-0.2, -0.15) is 0 Å². The molecule has 0 aliphatic carbocycles. The Hall–Kier alpha value is -4.47. The summed E-state index contributed by atoms with van der Waals surface area (Å²) in [6.07, 6.45) is 8.24. The Morgan fingerprint density at radius 3 is 2.51 bits per heavy atom. The van der Waals surface area contributed by atoms with Crippen LogP contribution in [-0.4, -0.2) is 42.3 Å². The van der Waals surface area contributed by atoms with Crippen LogP contribution in [0, 0.1) is 12.3 Å². The van der Waals surface area contributed by atoms with E-state index in [0.29, 0.717) is 35.5 Å². The molecule has 37 heavy (non-hydrogen) atoms. The Morgan fingerprint density at radius 1 is 1.05 bits per heavy atom. The number of fused-ring (bicyclic) bond motifs is 2. The first-order valence-corrected chi connectivity index (χ1v) is 12.2. The van der Waals surface area contributed by atoms with Gasteiger partial charge in [0.25, 0.3) is 5.91 Å². The lowest BCUT2D eigenvalue weighted by atomic mass is 9.97. The van der Waals surface area contributed by atoms with Crippen LogP contribution in [0.3, 0.4) is 0 Å². The molecule has 1 aromatic heterocycles. The zero-order valence-corrected chi connectivity index (χ0v) is 21.2. The van der Waals surface area contributed by atoms with Crippen molar-refractivity contribution in [2.75, 3.05) is 25.5 Å². The van der Waals surface area contributed by atoms with Crippen LogP contribution in [0.5, 0.6) is 0 Å². The molecule has 0 radical (unpaired) electrons. The number of hydrogen-bond acceptors (Lipinski definition) is 4. The van der Waals surface area contributed by atoms with Crippen molar-refractivity contribution in [3.8, 4) is 23.5 Å². The number of terminal acetylenes is 1. The Kier molecular flexibility index (Phi) is 6.47. The van der Waals surface area contributed by atoms with Crippen molar-refractivity contribution < 1.29 is 9.59 Å². The molecular weight excluding hydrogens is 460 g/mol. The molecule has 4 aromatic rings. The van der Waals surface area contributed by atoms with Gasteiger partial charge in [0, 0.05) is 42.8 Å². The number of amides is 2. The number of nitrogens with one attached hydrogen (secondary N) is 1. The van der Waals surface area contributed by atoms with E-state index < -0.39 is 0 Å². The number of pyridine rings is 1. The highest BCUT2D eigenvalue weighted by atomic mass is 16.2. The fourth-order valence-corrected chi connectivity index (χ4v) is 4.89. The predicted molar refractivity (Wildman–Crippen MR) is 148 cm³/mol. The number of anilines is 2. The van der Waals surface area contributed by atoms with Gasteiger partial charge in [0.1, 0.15) is 0 Å². The maximum Gasteiger partial charge on any atom is 0.251 e. The molecule has 6 nitrogen and oxygen atoms in total. The summed E-state index contributed by atoms with van der Waals surface area (Å²) in [5.74, 6) is 2.45. The number of hydrogen-bond donors (Lipinski definition) is 1. The van der Waals surface area contributed by atoms with Gasteiger partial charge >= 0.3 is 0 Å². The maximum absolute atomic E-state index is 13.1. The molecule has 0 saturated carbocycles. The van der Waals surface area contributed by atoms with Crippen molar-refractivity contribution in [2.45, 2.75) is 19.9 Å². The summed E-state index contributed by atoms with van der Waals surface area (Å²) < 4.78 is 0. The van der Waals surface area contributed by atoms with E-state index >= 15 is 0 Å². The average Bonchev–Trinajstić information content (AvgIpc) is 2.88. The summed E-state index contributed by atoms with van der Waals surface area (Å²) in [7, 11) is 4.10. The van der Waals surface area contributed by atoms with Gasteiger partial charge < -0.3 is 10.2 Å². The van der Waals surface area contributed by atoms with Crippen LogP contribution >= 0.6 is 0 Å². The van der Waals surface area contributed by atoms with Gasteiger partial charge in [0.05, 0.1) is 16.8 Å². The van der Waals surface area contributed by atoms with Gasteiger partial charge in [-0.05, 0) is 73.1 Å². The van der Waals surface area contributed by atoms with Crippen molar-refractivity contribution in [2.24, 2.45) is 0 Å². The van der Waals surface area contributed by atoms with Gasteiger partial charge in [0.15, 0.2) is 0 Å². The molecule has 0 fully saturated rings. The molecule has 0 saturated heterocycles. The molecule has 0 spiro atoms. The van der Waals surface area contributed by atoms with Crippen molar-refractivity contribution >= 4 is 34.1 Å². The van der Waals surface area contributed by atoms with Crippen molar-refractivity contribution in [1.82, 2.24) is 15.2 Å². The molecule has 0 unspecified atom stereocenters. The highest BCUT2D eigenvalue weighted by Gasteiger charge is 2.24. The Balaban J connectivity index is 1.66. The second-order valence-corrected chi connectivity index (χ2v) is 9.53. The van der Waals surface area contributed by atoms with E-state index in [1.807, 2.05) is 38.4 Å². The van der Waals surface area contributed by atoms with E-state index in [1.54, 1.807) is 23.2 Å². The molecule has 1 aliphatic rings. The summed E-state index contributed by atoms with van der Waals surface area (Å²) in [6, 6.07) is 20.0. The van der Waals surface area contributed by atoms with Crippen LogP contribution in [0.15, 0.2) is 66.9 Å². The number of nitrogens with zero attached hydrogens (tertiary/aromatic N) is 3. The number of aromatic nitrogens is 1. The molecule has 0 atom stereocenters. The minimum absolute atomic E-state index is 0.0953. The predicted octanol–water partition coefficient (Wildman–Crippen LogP) is 4.92. The fourth-order valence-electron chi connectivity index (χ4n) is 4.89. The SMILES string of the molecule is C#Cc1cnc2ccc(-c3ccc(CN(C)C)cc3)cc2c1N(C(C)=O)c1ccc2c(c1)CCNC2=O. The maximum atomic E-state index is 13.1. The Bertz CT molecular complexity index is 1570. The Morgan fingerprint density at radius 2 is 1.81 bits per heavy atom. The van der Waals surface area contributed by atoms with Gasteiger partial charge in [-0.25, -0.2) is 0 Å². The monoisotopic (exact) mass is 488 g/mol. The van der Waals surface area contributed by atoms with E-state index in [4.69, 9.17) is 6.42 Å². The largest absolute Gasteiger partial charge is 0.352 e. The number of carbonyl (C=O) groups excluding carboxylic acids is 2. The summed E-state index contributed by atoms with van der Waals surface area (Å²) in [6.45, 7) is 2.96. The van der Waals surface area contributed by atoms with Crippen LogP contribution in [-0.2, 0) is 17.8 Å². The van der Waals surface area contributed by atoms with Crippen molar-refractivity contribution in [3.05, 3.63) is 89.1 Å². The topological polar surface area (TPSA) is 65.5 Å². The van der Waals surface area contributed by atoms with E-state index in [0.717, 1.165) is 34.1 Å². The molecular formula is C31H28N4O2. The second-order valence-electron chi connectivity index (χ2n) is 9.53. The lowest BCUT2D eigenvalue weighted by Gasteiger charge is -2.26. The molecule has 3 aromatic carbocycles. The fraction of sp³-hybridized carbons (Fsp3) is 0.194. The van der Waals surface area contributed by atoms with Crippen LogP contribution < -0.4 is 10.2 Å². The molecule has 6 heteroatoms. The standard InChI is InChI=1S/C31H28N4O2/c1-5-22-18-33-29-13-10-24(23-8-6-21(7-9-23)19-34(3)4)17-28(29)30(22)35(20(2)36)26-11-12-27-25(16-26)14-15-32-31(27)37/h1,6-13,16-18H,14-15,19H2,2-4H3,(H,32,37). The number of rotatable bonds is 5. The van der Waals surface area contributed by atoms with E-state index in [9.17, 15) is 9.59 Å². The third-order valence-electron chi connectivity index (χ3n) is 6.59. The summed E-state index contributed by atoms with van der Waals surface area (Å²) in [4.78, 5) is 33.7. The molecule has 2 heterocycles. The normalized spacial score (nSPS) is 12.7. The summed E-state index contributed by atoms with van der Waals surface area (Å²) in [5.41, 5.74) is 7.40. The second kappa shape index (κ2) is 9.88. The molecule has 5 rings (SSSR count). The molecule has 0 bridgehead atoms. The Labute approximate surface area is 216 Å². The van der Waals surface area contributed by atoms with Gasteiger partial charge in [-0.15, -0.1) is 6.42 Å². The average molecular weight is 489 g/mol. The lowest BCUT2D eigenvalue weighted by molar-refractivity contribution is -0.115. The zero-order valence-electron chi connectivity index (χ0n) is 21.2. The van der Waals surface area contributed by atoms with Crippen LogP contribution in [0.2, 0.25) is 0 Å². The highest BCUT2D eigenvalue weighted by molar-refractivity contribution is 6.09. The first-order chi connectivity index (χ1) is 17.9. The van der Waals surface area contributed by atoms with Gasteiger partial charge in [0.2, 0.25) is 5.91 Å². The number of benzene rings is 3. The molecule has 184 valence electrons. The lowest BCUT2D eigenvalue weighted by Crippen LogP contribution is -2.32. The third-order valence-corrected chi connectivity index (χ3v) is 6.59. The zero-order chi connectivity index (χ0) is 26.1. The smallest absolute Gasteiger partial charge is 0.251 e. The van der Waals surface area contributed by atoms with Crippen molar-refractivity contribution in [1.29, 1.82) is 0 Å². The summed E-state index contributed by atoms with van der Waals surface area (Å²) in [5, 5.41) is 3.65. The minimum atomic E-state index is -0.178. The van der Waals surface area contributed by atoms with E-state index in [1.165, 1.54) is 12.5 Å². The number of carbonyl (C=O) groups is 2. The van der Waals surface area contributed by atoms with Crippen LogP contribution in [0.25, 0.3) is 22.0 Å². The summed E-state index contributed by atoms with van der Waals surface area (Å²) >= 11 is 0. The van der Waals surface area contributed by atoms with Crippen LogP contribution in [0.1, 0.15) is 34.0 Å². The van der Waals surface area contributed by atoms with E-state index in [2.05, 4.69) is 45.4 Å². The third kappa shape index (κ3) is 4.69.